The Morgan fingerprint density at radius 2 is 1.77 bits per heavy atom. The molecule has 0 saturated heterocycles. The van der Waals surface area contributed by atoms with Gasteiger partial charge in [0.05, 0.1) is 24.9 Å². The summed E-state index contributed by atoms with van der Waals surface area (Å²) in [6.07, 6.45) is 1.83. The number of pyridine rings is 1. The van der Waals surface area contributed by atoms with Gasteiger partial charge in [-0.3, -0.25) is 4.40 Å². The van der Waals surface area contributed by atoms with Crippen molar-refractivity contribution in [2.75, 3.05) is 0 Å². The topological polar surface area (TPSA) is 46.8 Å². The summed E-state index contributed by atoms with van der Waals surface area (Å²) in [5.74, 6) is 0.325. The molecule has 0 aliphatic carbocycles. The van der Waals surface area contributed by atoms with Gasteiger partial charge >= 0.3 is 0 Å². The number of nitrogens with zero attached hydrogens (tertiary/aromatic N) is 2. The van der Waals surface area contributed by atoms with Crippen molar-refractivity contribution < 1.29 is 15.3 Å². The second kappa shape index (κ2) is 7.62. The van der Waals surface area contributed by atoms with Crippen molar-refractivity contribution in [3.8, 4) is 28.1 Å². The van der Waals surface area contributed by atoms with Crippen molar-refractivity contribution in [2.24, 2.45) is 0 Å². The van der Waals surface area contributed by atoms with Crippen LogP contribution in [0.5, 0.6) is 5.75 Å². The first-order valence-electron chi connectivity index (χ1n) is 11.9. The van der Waals surface area contributed by atoms with Gasteiger partial charge < -0.3 is 9.84 Å². The molecule has 4 nitrogen and oxygen atoms in total. The van der Waals surface area contributed by atoms with E-state index in [0.717, 1.165) is 39.2 Å². The minimum Gasteiger partial charge on any atom is -0.491 e. The zero-order chi connectivity index (χ0) is 24.9. The Morgan fingerprint density at radius 3 is 2.40 bits per heavy atom. The van der Waals surface area contributed by atoms with Gasteiger partial charge in [0.15, 0.2) is 0 Å². The second-order valence-corrected chi connectivity index (χ2v) is 8.06. The molecule has 0 bridgehead atoms. The predicted molar refractivity (Wildman–Crippen MR) is 122 cm³/mol. The third-order valence-corrected chi connectivity index (χ3v) is 5.18. The van der Waals surface area contributed by atoms with Gasteiger partial charge in [0.2, 0.25) is 0 Å². The zero-order valence-corrected chi connectivity index (χ0v) is 17.6. The van der Waals surface area contributed by atoms with Crippen LogP contribution in [0.1, 0.15) is 44.2 Å². The number of imidazole rings is 1. The van der Waals surface area contributed by atoms with Crippen LogP contribution in [-0.4, -0.2) is 20.6 Å². The molecule has 4 aromatic rings. The molecule has 154 valence electrons. The van der Waals surface area contributed by atoms with Crippen molar-refractivity contribution in [3.05, 3.63) is 78.1 Å². The molecular formula is C26H28N2O2. The molecule has 4 rings (SSSR count). The van der Waals surface area contributed by atoms with Crippen LogP contribution in [0.25, 0.3) is 28.0 Å². The number of rotatable bonds is 5. The van der Waals surface area contributed by atoms with Crippen LogP contribution in [0.4, 0.5) is 0 Å². The average molecular weight is 405 g/mol. The first-order valence-corrected chi connectivity index (χ1v) is 9.87. The third kappa shape index (κ3) is 3.96. The molecule has 1 atom stereocenters. The molecule has 30 heavy (non-hydrogen) atoms. The van der Waals surface area contributed by atoms with E-state index in [9.17, 15) is 5.11 Å². The molecule has 1 N–H and O–H groups in total. The molecule has 0 aliphatic heterocycles. The lowest BCUT2D eigenvalue weighted by atomic mass is 9.97. The largest absolute Gasteiger partial charge is 0.491 e. The summed E-state index contributed by atoms with van der Waals surface area (Å²) in [5.41, 5.74) is 5.65. The van der Waals surface area contributed by atoms with Crippen molar-refractivity contribution >= 4 is 5.65 Å². The maximum Gasteiger partial charge on any atom is 0.137 e. The summed E-state index contributed by atoms with van der Waals surface area (Å²) in [5, 5.41) is 10.2. The normalized spacial score (nSPS) is 16.3. The van der Waals surface area contributed by atoms with Crippen LogP contribution >= 0.6 is 0 Å². The Labute approximate surface area is 183 Å². The molecule has 0 amide bonds. The van der Waals surface area contributed by atoms with E-state index in [1.165, 1.54) is 6.92 Å². The lowest BCUT2D eigenvalue weighted by Gasteiger charge is -2.18. The van der Waals surface area contributed by atoms with E-state index in [2.05, 4.69) is 4.98 Å². The molecule has 1 unspecified atom stereocenters. The van der Waals surface area contributed by atoms with E-state index in [0.29, 0.717) is 5.75 Å². The van der Waals surface area contributed by atoms with Crippen LogP contribution in [0.3, 0.4) is 0 Å². The van der Waals surface area contributed by atoms with Gasteiger partial charge in [-0.25, -0.2) is 4.98 Å². The Hall–Kier alpha value is -3.11. The fraction of sp³-hybridized carbons (Fsp3) is 0.269. The van der Waals surface area contributed by atoms with E-state index in [1.807, 2.05) is 66.2 Å². The van der Waals surface area contributed by atoms with Crippen molar-refractivity contribution in [1.29, 1.82) is 0 Å². The Morgan fingerprint density at radius 1 is 1.10 bits per heavy atom. The van der Waals surface area contributed by atoms with Gasteiger partial charge in [-0.1, -0.05) is 36.4 Å². The summed E-state index contributed by atoms with van der Waals surface area (Å²) >= 11 is 0. The van der Waals surface area contributed by atoms with E-state index in [1.54, 1.807) is 26.0 Å². The highest BCUT2D eigenvalue weighted by Crippen LogP contribution is 2.30. The first-order chi connectivity index (χ1) is 15.8. The first kappa shape index (κ1) is 15.7. The van der Waals surface area contributed by atoms with Crippen molar-refractivity contribution in [2.45, 2.75) is 46.2 Å². The highest BCUT2D eigenvalue weighted by molar-refractivity contribution is 5.72. The van der Waals surface area contributed by atoms with Crippen LogP contribution in [-0.2, 0) is 5.60 Å². The molecule has 0 fully saturated rings. The lowest BCUT2D eigenvalue weighted by Crippen LogP contribution is -2.14. The Bertz CT molecular complexity index is 1320. The zero-order valence-electron chi connectivity index (χ0n) is 21.6. The van der Waals surface area contributed by atoms with Gasteiger partial charge in [0, 0.05) is 21.4 Å². The summed E-state index contributed by atoms with van der Waals surface area (Å²) in [7, 11) is 0. The molecule has 0 radical (unpaired) electrons. The number of hydrogen-bond acceptors (Lipinski definition) is 3. The fourth-order valence-corrected chi connectivity index (χ4v) is 3.56. The monoisotopic (exact) mass is 404 g/mol. The molecular weight excluding hydrogens is 372 g/mol. The van der Waals surface area contributed by atoms with E-state index < -0.39 is 18.5 Å². The van der Waals surface area contributed by atoms with E-state index >= 15 is 0 Å². The summed E-state index contributed by atoms with van der Waals surface area (Å²) in [6.45, 7) is 4.21. The van der Waals surface area contributed by atoms with E-state index in [4.69, 9.17) is 10.2 Å². The smallest absolute Gasteiger partial charge is 0.137 e. The highest BCUT2D eigenvalue weighted by Gasteiger charge is 2.16. The van der Waals surface area contributed by atoms with Crippen molar-refractivity contribution in [1.82, 2.24) is 9.38 Å². The SMILES string of the molecule is [2H]C([2H])([2H])C([2H])(C)Oc1ccc(-c2cn3c(-c4ccc(C(C)(C)O)cc4)cnc3cc2C)cc1. The predicted octanol–water partition coefficient (Wildman–Crippen LogP) is 5.99. The summed E-state index contributed by atoms with van der Waals surface area (Å²) in [6, 6.07) is 16.9. The molecule has 0 saturated carbocycles. The molecule has 0 spiro atoms. The van der Waals surface area contributed by atoms with Crippen LogP contribution < -0.4 is 4.74 Å². The maximum atomic E-state index is 10.2. The number of ether oxygens (including phenoxy) is 1. The van der Waals surface area contributed by atoms with Gasteiger partial charge in [-0.05, 0) is 69.4 Å². The van der Waals surface area contributed by atoms with Gasteiger partial charge in [0.25, 0.3) is 0 Å². The lowest BCUT2D eigenvalue weighted by molar-refractivity contribution is 0.0786. The van der Waals surface area contributed by atoms with Crippen LogP contribution in [0.15, 0.2) is 67.0 Å². The maximum absolute atomic E-state index is 10.2. The molecule has 2 heterocycles. The minimum absolute atomic E-state index is 0.325. The number of fused-ring (bicyclic) bond motifs is 1. The molecule has 2 aromatic heterocycles. The number of aliphatic hydroxyl groups is 1. The van der Waals surface area contributed by atoms with Crippen molar-refractivity contribution in [3.63, 3.8) is 0 Å². The second-order valence-electron chi connectivity index (χ2n) is 8.06. The highest BCUT2D eigenvalue weighted by atomic mass is 16.5. The summed E-state index contributed by atoms with van der Waals surface area (Å²) in [4.78, 5) is 4.56. The average Bonchev–Trinajstić information content (AvgIpc) is 3.15. The molecule has 0 aliphatic rings. The molecule has 2 aromatic carbocycles. The quantitative estimate of drug-likeness (QED) is 0.444. The number of hydrogen-bond donors (Lipinski definition) is 1. The van der Waals surface area contributed by atoms with Gasteiger partial charge in [-0.15, -0.1) is 0 Å². The van der Waals surface area contributed by atoms with Crippen LogP contribution in [0, 0.1) is 6.92 Å². The fourth-order valence-electron chi connectivity index (χ4n) is 3.56. The Kier molecular flexibility index (Phi) is 3.98. The third-order valence-electron chi connectivity index (χ3n) is 5.18. The molecule has 4 heteroatoms. The van der Waals surface area contributed by atoms with E-state index in [-0.39, 0.29) is 0 Å². The Balaban J connectivity index is 1.68. The number of aryl methyl sites for hydroxylation is 1. The van der Waals surface area contributed by atoms with Crippen LogP contribution in [0.2, 0.25) is 0 Å². The number of benzene rings is 2. The number of aromatic nitrogens is 2. The standard InChI is InChI=1S/C26H28N2O2/c1-17(2)30-22-12-8-19(9-13-22)23-16-28-24(15-27-25(28)14-18(23)3)20-6-10-21(11-7-20)26(4,5)29/h6-17,29H,1-5H3/i1D3,17D. The van der Waals surface area contributed by atoms with Gasteiger partial charge in [0.1, 0.15) is 11.4 Å². The minimum atomic E-state index is -2.56. The summed E-state index contributed by atoms with van der Waals surface area (Å²) < 4.78 is 37.9. The van der Waals surface area contributed by atoms with Gasteiger partial charge in [-0.2, -0.15) is 0 Å².